The highest BCUT2D eigenvalue weighted by Gasteiger charge is 2.46. The molecule has 0 heterocycles. The summed E-state index contributed by atoms with van der Waals surface area (Å²) in [5.74, 6) is 2.08. The molecule has 0 N–H and O–H groups in total. The summed E-state index contributed by atoms with van der Waals surface area (Å²) in [4.78, 5) is 14.0. The first kappa shape index (κ1) is 39.0. The van der Waals surface area contributed by atoms with E-state index in [0.717, 1.165) is 16.7 Å². The summed E-state index contributed by atoms with van der Waals surface area (Å²) >= 11 is 0. The van der Waals surface area contributed by atoms with Gasteiger partial charge in [-0.15, -0.1) is 0 Å². The van der Waals surface area contributed by atoms with E-state index in [9.17, 15) is 4.79 Å². The molecular formula is C48H42BrO5P. The van der Waals surface area contributed by atoms with Gasteiger partial charge in [0.25, 0.3) is 0 Å². The number of hydrogen-bond acceptors (Lipinski definition) is 5. The number of ketones is 1. The van der Waals surface area contributed by atoms with Crippen molar-refractivity contribution in [2.75, 3.05) is 13.7 Å². The Bertz CT molecular complexity index is 2160. The SMILES string of the molecule is COc1ccc(C(=O)COc2cc(OCc3ccccc3)ccc2C[P+](c2ccccc2)(c2ccccc2)c2ccccc2)c(OCc2ccccc2)c1.[Br-]. The van der Waals surface area contributed by atoms with E-state index in [1.165, 1.54) is 15.9 Å². The molecule has 0 saturated carbocycles. The van der Waals surface area contributed by atoms with E-state index in [4.69, 9.17) is 18.9 Å². The average Bonchev–Trinajstić information content (AvgIpc) is 3.25. The summed E-state index contributed by atoms with van der Waals surface area (Å²) in [6.45, 7) is 0.516. The standard InChI is InChI=1S/C48H42O5P.BrH/c1-50-40-29-30-45(48(31-40)52-34-38-19-9-3-10-20-38)46(49)35-53-47-32-41(51-33-37-17-7-2-8-18-37)28-27-39(47)36-54(42-21-11-4-12-22-42,43-23-13-5-14-24-43)44-25-15-6-16-26-44;/h2-32H,33-36H2,1H3;1H/q+1;/p-1. The van der Waals surface area contributed by atoms with Gasteiger partial charge in [-0.2, -0.15) is 0 Å². The fraction of sp³-hybridized carbons (Fsp3) is 0.104. The Morgan fingerprint density at radius 2 is 0.945 bits per heavy atom. The van der Waals surface area contributed by atoms with Gasteiger partial charge in [0.15, 0.2) is 6.61 Å². The van der Waals surface area contributed by atoms with Crippen LogP contribution >= 0.6 is 7.26 Å². The van der Waals surface area contributed by atoms with Gasteiger partial charge < -0.3 is 35.9 Å². The highest BCUT2D eigenvalue weighted by molar-refractivity contribution is 7.95. The van der Waals surface area contributed by atoms with Crippen molar-refractivity contribution in [3.63, 3.8) is 0 Å². The van der Waals surface area contributed by atoms with Crippen LogP contribution in [0.15, 0.2) is 188 Å². The second-order valence-electron chi connectivity index (χ2n) is 12.9. The zero-order chi connectivity index (χ0) is 37.0. The first-order valence-corrected chi connectivity index (χ1v) is 19.9. The molecule has 7 heteroatoms. The van der Waals surface area contributed by atoms with Crippen LogP contribution in [0.2, 0.25) is 0 Å². The topological polar surface area (TPSA) is 54.0 Å². The molecule has 0 aliphatic carbocycles. The van der Waals surface area contributed by atoms with Crippen LogP contribution in [0.25, 0.3) is 0 Å². The molecule has 0 amide bonds. The van der Waals surface area contributed by atoms with Crippen LogP contribution in [-0.4, -0.2) is 19.5 Å². The maximum atomic E-state index is 14.0. The molecule has 7 aromatic carbocycles. The van der Waals surface area contributed by atoms with Gasteiger partial charge in [0.05, 0.1) is 12.7 Å². The number of benzene rings is 7. The van der Waals surface area contributed by atoms with Crippen LogP contribution in [0, 0.1) is 0 Å². The van der Waals surface area contributed by atoms with Gasteiger partial charge in [-0.05, 0) is 71.8 Å². The van der Waals surface area contributed by atoms with Crippen molar-refractivity contribution in [2.45, 2.75) is 19.4 Å². The van der Waals surface area contributed by atoms with E-state index in [0.29, 0.717) is 47.9 Å². The quantitative estimate of drug-likeness (QED) is 0.0813. The summed E-state index contributed by atoms with van der Waals surface area (Å²) in [5, 5.41) is 3.77. The molecule has 0 fully saturated rings. The molecule has 0 radical (unpaired) electrons. The van der Waals surface area contributed by atoms with Gasteiger partial charge in [0.2, 0.25) is 5.78 Å². The lowest BCUT2D eigenvalue weighted by Gasteiger charge is -2.28. The number of hydrogen-bond donors (Lipinski definition) is 0. The minimum absolute atomic E-state index is 0. The predicted molar refractivity (Wildman–Crippen MR) is 220 cm³/mol. The number of rotatable bonds is 16. The van der Waals surface area contributed by atoms with E-state index in [2.05, 4.69) is 97.1 Å². The molecule has 0 spiro atoms. The third kappa shape index (κ3) is 9.53. The van der Waals surface area contributed by atoms with Crippen LogP contribution < -0.4 is 51.8 Å². The monoisotopic (exact) mass is 808 g/mol. The molecular weight excluding hydrogens is 767 g/mol. The van der Waals surface area contributed by atoms with Crippen molar-refractivity contribution >= 4 is 29.0 Å². The lowest BCUT2D eigenvalue weighted by atomic mass is 10.1. The third-order valence-electron chi connectivity index (χ3n) is 9.37. The smallest absolute Gasteiger partial charge is 0.203 e. The van der Waals surface area contributed by atoms with E-state index in [1.807, 2.05) is 72.8 Å². The molecule has 0 bridgehead atoms. The van der Waals surface area contributed by atoms with Crippen molar-refractivity contribution in [1.82, 2.24) is 0 Å². The lowest BCUT2D eigenvalue weighted by Crippen LogP contribution is -3.00. The summed E-state index contributed by atoms with van der Waals surface area (Å²) in [6.07, 6.45) is 0.668. The van der Waals surface area contributed by atoms with Gasteiger partial charge in [0, 0.05) is 17.7 Å². The zero-order valence-electron chi connectivity index (χ0n) is 30.6. The molecule has 7 aromatic rings. The largest absolute Gasteiger partial charge is 1.00 e. The van der Waals surface area contributed by atoms with Gasteiger partial charge in [-0.3, -0.25) is 4.79 Å². The predicted octanol–water partition coefficient (Wildman–Crippen LogP) is 6.61. The summed E-state index contributed by atoms with van der Waals surface area (Å²) in [6, 6.07) is 63.4. The summed E-state index contributed by atoms with van der Waals surface area (Å²) < 4.78 is 24.5. The minimum Gasteiger partial charge on any atom is -1.00 e. The summed E-state index contributed by atoms with van der Waals surface area (Å²) in [7, 11) is -0.685. The fourth-order valence-corrected chi connectivity index (χ4v) is 10.8. The van der Waals surface area contributed by atoms with Crippen molar-refractivity contribution in [3.05, 3.63) is 210 Å². The summed E-state index contributed by atoms with van der Waals surface area (Å²) in [5.41, 5.74) is 3.46. The Balaban J connectivity index is 0.00000514. The minimum atomic E-state index is -2.28. The molecule has 0 aliphatic heterocycles. The molecule has 0 aromatic heterocycles. The van der Waals surface area contributed by atoms with Crippen molar-refractivity contribution in [2.24, 2.45) is 0 Å². The van der Waals surface area contributed by atoms with Crippen LogP contribution in [0.4, 0.5) is 0 Å². The number of ether oxygens (including phenoxy) is 4. The normalized spacial score (nSPS) is 10.9. The van der Waals surface area contributed by atoms with Crippen LogP contribution in [0.5, 0.6) is 23.0 Å². The molecule has 0 atom stereocenters. The van der Waals surface area contributed by atoms with E-state index < -0.39 is 7.26 Å². The molecule has 55 heavy (non-hydrogen) atoms. The number of Topliss-reactive ketones (excluding diaryl/α,β-unsaturated/α-hetero) is 1. The molecule has 276 valence electrons. The Morgan fingerprint density at radius 3 is 1.45 bits per heavy atom. The number of halogens is 1. The maximum absolute atomic E-state index is 14.0. The molecule has 0 aliphatic rings. The third-order valence-corrected chi connectivity index (χ3v) is 13.7. The molecule has 7 rings (SSSR count). The first-order valence-electron chi connectivity index (χ1n) is 18.0. The Morgan fingerprint density at radius 1 is 0.491 bits per heavy atom. The number of carbonyl (C=O) groups is 1. The van der Waals surface area contributed by atoms with Crippen LogP contribution in [0.3, 0.4) is 0 Å². The molecule has 0 saturated heterocycles. The highest BCUT2D eigenvalue weighted by Crippen LogP contribution is 2.59. The zero-order valence-corrected chi connectivity index (χ0v) is 33.1. The number of carbonyl (C=O) groups excluding carboxylic acids is 1. The van der Waals surface area contributed by atoms with Crippen molar-refractivity contribution in [1.29, 1.82) is 0 Å². The second kappa shape index (κ2) is 19.1. The van der Waals surface area contributed by atoms with E-state index in [-0.39, 0.29) is 29.4 Å². The van der Waals surface area contributed by atoms with Gasteiger partial charge in [-0.25, -0.2) is 0 Å². The molecule has 5 nitrogen and oxygen atoms in total. The Kier molecular flexibility index (Phi) is 13.5. The van der Waals surface area contributed by atoms with Gasteiger partial charge >= 0.3 is 0 Å². The average molecular weight is 810 g/mol. The highest BCUT2D eigenvalue weighted by atomic mass is 79.9. The van der Waals surface area contributed by atoms with E-state index >= 15 is 0 Å². The Hall–Kier alpha value is -5.68. The van der Waals surface area contributed by atoms with Crippen molar-refractivity contribution in [3.8, 4) is 23.0 Å². The second-order valence-corrected chi connectivity index (χ2v) is 16.4. The van der Waals surface area contributed by atoms with E-state index in [1.54, 1.807) is 25.3 Å². The Labute approximate surface area is 334 Å². The number of methoxy groups -OCH3 is 1. The van der Waals surface area contributed by atoms with Crippen LogP contribution in [0.1, 0.15) is 27.0 Å². The first-order chi connectivity index (χ1) is 26.6. The maximum Gasteiger partial charge on any atom is 0.203 e. The molecule has 0 unspecified atom stereocenters. The van der Waals surface area contributed by atoms with Gasteiger partial charge in [-0.1, -0.05) is 115 Å². The lowest BCUT2D eigenvalue weighted by molar-refractivity contribution is -0.0000194. The van der Waals surface area contributed by atoms with Crippen LogP contribution in [-0.2, 0) is 19.4 Å². The van der Waals surface area contributed by atoms with Gasteiger partial charge in [0.1, 0.15) is 65.5 Å². The fourth-order valence-electron chi connectivity index (χ4n) is 6.59. The van der Waals surface area contributed by atoms with Crippen molar-refractivity contribution < 1.29 is 40.7 Å².